The van der Waals surface area contributed by atoms with Crippen molar-refractivity contribution in [3.63, 3.8) is 0 Å². The number of nitrogens with one attached hydrogen (secondary N) is 1. The number of nitrogens with zero attached hydrogens (tertiary/aromatic N) is 2. The van der Waals surface area contributed by atoms with Gasteiger partial charge in [-0.2, -0.15) is 0 Å². The lowest BCUT2D eigenvalue weighted by Crippen LogP contribution is -2.40. The number of carbonyl (C=O) groups is 1. The molecule has 1 unspecified atom stereocenters. The van der Waals surface area contributed by atoms with Crippen molar-refractivity contribution in [3.05, 3.63) is 58.1 Å². The summed E-state index contributed by atoms with van der Waals surface area (Å²) in [4.78, 5) is 25.5. The highest BCUT2D eigenvalue weighted by molar-refractivity contribution is 5.95. The topological polar surface area (TPSA) is 103 Å². The van der Waals surface area contributed by atoms with Crippen LogP contribution in [0.15, 0.2) is 42.5 Å². The van der Waals surface area contributed by atoms with Crippen LogP contribution in [0.5, 0.6) is 11.5 Å². The molecule has 4 rings (SSSR count). The van der Waals surface area contributed by atoms with Crippen molar-refractivity contribution in [3.8, 4) is 11.5 Å². The molecule has 0 saturated carbocycles. The SMILES string of the molecule is O=C(NCC1COc2ccccc2O1)c1ccc(N2CCOCC2)c([N+](=O)[O-])c1. The highest BCUT2D eigenvalue weighted by atomic mass is 16.6. The molecule has 0 radical (unpaired) electrons. The minimum Gasteiger partial charge on any atom is -0.486 e. The van der Waals surface area contributed by atoms with E-state index < -0.39 is 10.8 Å². The molecule has 1 N–H and O–H groups in total. The monoisotopic (exact) mass is 399 g/mol. The first-order valence-electron chi connectivity index (χ1n) is 9.39. The fraction of sp³-hybridized carbons (Fsp3) is 0.350. The zero-order chi connectivity index (χ0) is 20.2. The average Bonchev–Trinajstić information content (AvgIpc) is 2.77. The number of para-hydroxylation sites is 2. The van der Waals surface area contributed by atoms with Crippen molar-refractivity contribution in [1.29, 1.82) is 0 Å². The van der Waals surface area contributed by atoms with Crippen LogP contribution >= 0.6 is 0 Å². The summed E-state index contributed by atoms with van der Waals surface area (Å²) in [5.74, 6) is 0.900. The summed E-state index contributed by atoms with van der Waals surface area (Å²) in [6.45, 7) is 2.73. The van der Waals surface area contributed by atoms with Gasteiger partial charge in [0.2, 0.25) is 0 Å². The van der Waals surface area contributed by atoms with E-state index in [1.165, 1.54) is 6.07 Å². The van der Waals surface area contributed by atoms with E-state index in [-0.39, 0.29) is 23.9 Å². The molecule has 1 atom stereocenters. The number of ether oxygens (including phenoxy) is 3. The minimum absolute atomic E-state index is 0.0919. The molecule has 9 heteroatoms. The molecule has 0 aliphatic carbocycles. The van der Waals surface area contributed by atoms with Gasteiger partial charge in [0.25, 0.3) is 11.6 Å². The average molecular weight is 399 g/mol. The summed E-state index contributed by atoms with van der Waals surface area (Å²) >= 11 is 0. The van der Waals surface area contributed by atoms with Crippen molar-refractivity contribution >= 4 is 17.3 Å². The standard InChI is InChI=1S/C20H21N3O6/c24-20(21-12-15-13-28-18-3-1-2-4-19(18)29-15)14-5-6-16(17(11-14)23(25)26)22-7-9-27-10-8-22/h1-6,11,15H,7-10,12-13H2,(H,21,24). The van der Waals surface area contributed by atoms with Crippen molar-refractivity contribution in [2.24, 2.45) is 0 Å². The predicted molar refractivity (Wildman–Crippen MR) is 105 cm³/mol. The van der Waals surface area contributed by atoms with Gasteiger partial charge in [0.05, 0.1) is 24.7 Å². The maximum absolute atomic E-state index is 12.5. The van der Waals surface area contributed by atoms with Crippen LogP contribution in [-0.2, 0) is 4.74 Å². The summed E-state index contributed by atoms with van der Waals surface area (Å²) in [7, 11) is 0. The Morgan fingerprint density at radius 2 is 1.93 bits per heavy atom. The molecule has 9 nitrogen and oxygen atoms in total. The number of nitro benzene ring substituents is 1. The van der Waals surface area contributed by atoms with Crippen LogP contribution in [-0.4, -0.2) is 56.4 Å². The second-order valence-electron chi connectivity index (χ2n) is 6.77. The fourth-order valence-corrected chi connectivity index (χ4v) is 3.35. The van der Waals surface area contributed by atoms with Gasteiger partial charge in [0, 0.05) is 24.7 Å². The maximum Gasteiger partial charge on any atom is 0.293 e. The predicted octanol–water partition coefficient (Wildman–Crippen LogP) is 2.00. The number of rotatable bonds is 5. The van der Waals surface area contributed by atoms with Crippen LogP contribution in [0.2, 0.25) is 0 Å². The molecule has 0 aromatic heterocycles. The number of fused-ring (bicyclic) bond motifs is 1. The molecule has 152 valence electrons. The molecule has 0 bridgehead atoms. The van der Waals surface area contributed by atoms with Gasteiger partial charge in [0.15, 0.2) is 11.5 Å². The molecular weight excluding hydrogens is 378 g/mol. The largest absolute Gasteiger partial charge is 0.486 e. The van der Waals surface area contributed by atoms with Gasteiger partial charge in [-0.1, -0.05) is 12.1 Å². The van der Waals surface area contributed by atoms with E-state index in [4.69, 9.17) is 14.2 Å². The Hall–Kier alpha value is -3.33. The Morgan fingerprint density at radius 3 is 2.69 bits per heavy atom. The second kappa shape index (κ2) is 8.36. The van der Waals surface area contributed by atoms with Gasteiger partial charge in [-0.25, -0.2) is 0 Å². The Balaban J connectivity index is 1.42. The van der Waals surface area contributed by atoms with Crippen LogP contribution in [0.25, 0.3) is 0 Å². The molecule has 0 spiro atoms. The van der Waals surface area contributed by atoms with Crippen molar-refractivity contribution < 1.29 is 23.9 Å². The number of nitro groups is 1. The highest BCUT2D eigenvalue weighted by Crippen LogP contribution is 2.31. The van der Waals surface area contributed by atoms with Gasteiger partial charge in [-0.3, -0.25) is 14.9 Å². The van der Waals surface area contributed by atoms with E-state index in [1.54, 1.807) is 18.2 Å². The number of hydrogen-bond donors (Lipinski definition) is 1. The molecule has 2 aromatic carbocycles. The van der Waals surface area contributed by atoms with E-state index in [0.29, 0.717) is 50.1 Å². The molecule has 2 heterocycles. The van der Waals surface area contributed by atoms with Gasteiger partial charge < -0.3 is 24.4 Å². The quantitative estimate of drug-likeness (QED) is 0.606. The number of benzene rings is 2. The van der Waals surface area contributed by atoms with Gasteiger partial charge >= 0.3 is 0 Å². The number of amides is 1. The Kier molecular flexibility index (Phi) is 5.48. The smallest absolute Gasteiger partial charge is 0.293 e. The molecule has 1 amide bonds. The minimum atomic E-state index is -0.462. The van der Waals surface area contributed by atoms with Gasteiger partial charge in [-0.05, 0) is 24.3 Å². The third-order valence-electron chi connectivity index (χ3n) is 4.84. The highest BCUT2D eigenvalue weighted by Gasteiger charge is 2.25. The maximum atomic E-state index is 12.5. The first-order chi connectivity index (χ1) is 14.1. The Labute approximate surface area is 167 Å². The number of morpholine rings is 1. The summed E-state index contributed by atoms with van der Waals surface area (Å²) in [6, 6.07) is 11.9. The number of carbonyl (C=O) groups excluding carboxylic acids is 1. The van der Waals surface area contributed by atoms with Crippen LogP contribution in [0.3, 0.4) is 0 Å². The van der Waals surface area contributed by atoms with Crippen LogP contribution < -0.4 is 19.7 Å². The van der Waals surface area contributed by atoms with E-state index in [0.717, 1.165) is 0 Å². The lowest BCUT2D eigenvalue weighted by atomic mass is 10.1. The summed E-state index contributed by atoms with van der Waals surface area (Å²) in [6.07, 6.45) is -0.337. The molecule has 29 heavy (non-hydrogen) atoms. The third-order valence-corrected chi connectivity index (χ3v) is 4.84. The Morgan fingerprint density at radius 1 is 1.17 bits per heavy atom. The number of hydrogen-bond acceptors (Lipinski definition) is 7. The van der Waals surface area contributed by atoms with E-state index in [9.17, 15) is 14.9 Å². The molecule has 2 aliphatic heterocycles. The molecule has 2 aliphatic rings. The van der Waals surface area contributed by atoms with Crippen LogP contribution in [0, 0.1) is 10.1 Å². The lowest BCUT2D eigenvalue weighted by Gasteiger charge is -2.28. The fourth-order valence-electron chi connectivity index (χ4n) is 3.35. The first-order valence-corrected chi connectivity index (χ1v) is 9.39. The molecule has 2 aromatic rings. The van der Waals surface area contributed by atoms with Crippen LogP contribution in [0.4, 0.5) is 11.4 Å². The lowest BCUT2D eigenvalue weighted by molar-refractivity contribution is -0.384. The zero-order valence-electron chi connectivity index (χ0n) is 15.7. The summed E-state index contributed by atoms with van der Waals surface area (Å²) in [5.41, 5.74) is 0.632. The third kappa shape index (κ3) is 4.24. The molecule has 1 fully saturated rings. The van der Waals surface area contributed by atoms with E-state index >= 15 is 0 Å². The van der Waals surface area contributed by atoms with Crippen molar-refractivity contribution in [2.45, 2.75) is 6.10 Å². The summed E-state index contributed by atoms with van der Waals surface area (Å²) in [5, 5.41) is 14.3. The molecular formula is C20H21N3O6. The zero-order valence-corrected chi connectivity index (χ0v) is 15.7. The van der Waals surface area contributed by atoms with Crippen LogP contribution in [0.1, 0.15) is 10.4 Å². The van der Waals surface area contributed by atoms with Gasteiger partial charge in [-0.15, -0.1) is 0 Å². The van der Waals surface area contributed by atoms with Crippen molar-refractivity contribution in [1.82, 2.24) is 5.32 Å². The second-order valence-corrected chi connectivity index (χ2v) is 6.77. The number of anilines is 1. The molecule has 1 saturated heterocycles. The van der Waals surface area contributed by atoms with E-state index in [2.05, 4.69) is 5.32 Å². The normalized spacial score (nSPS) is 18.2. The van der Waals surface area contributed by atoms with Crippen molar-refractivity contribution in [2.75, 3.05) is 44.4 Å². The van der Waals surface area contributed by atoms with E-state index in [1.807, 2.05) is 23.1 Å². The van der Waals surface area contributed by atoms with Gasteiger partial charge in [0.1, 0.15) is 18.4 Å². The summed E-state index contributed by atoms with van der Waals surface area (Å²) < 4.78 is 16.7. The Bertz CT molecular complexity index is 913. The first kappa shape index (κ1) is 19.0.